The number of nitrogens with zero attached hydrogens (tertiary/aromatic N) is 3. The second-order valence-corrected chi connectivity index (χ2v) is 7.18. The van der Waals surface area contributed by atoms with Crippen LogP contribution >= 0.6 is 24.0 Å². The van der Waals surface area contributed by atoms with Crippen LogP contribution in [0.15, 0.2) is 23.2 Å². The molecule has 178 valence electrons. The molecule has 0 aliphatic carbocycles. The number of para-hydroxylation sites is 1. The van der Waals surface area contributed by atoms with Gasteiger partial charge >= 0.3 is 6.61 Å². The molecule has 0 spiro atoms. The second-order valence-electron chi connectivity index (χ2n) is 7.18. The first-order valence-electron chi connectivity index (χ1n) is 10.6. The number of ether oxygens (including phenoxy) is 2. The summed E-state index contributed by atoms with van der Waals surface area (Å²) < 4.78 is 35.9. The lowest BCUT2D eigenvalue weighted by Gasteiger charge is -2.37. The topological polar surface area (TPSA) is 61.4 Å². The van der Waals surface area contributed by atoms with Crippen molar-refractivity contribution in [2.75, 3.05) is 52.9 Å². The monoisotopic (exact) mass is 555 g/mol. The summed E-state index contributed by atoms with van der Waals surface area (Å²) in [4.78, 5) is 9.16. The second kappa shape index (κ2) is 14.6. The van der Waals surface area contributed by atoms with E-state index in [2.05, 4.69) is 39.3 Å². The van der Waals surface area contributed by atoms with Crippen LogP contribution in [0.4, 0.5) is 8.78 Å². The SMILES string of the molecule is CCOc1cccc(CNC(=NC)NCC(C)N2CCN(CC)CC2)c1OC(F)F.I. The largest absolute Gasteiger partial charge is 0.490 e. The summed E-state index contributed by atoms with van der Waals surface area (Å²) in [6.45, 7) is 10.1. The molecule has 1 atom stereocenters. The van der Waals surface area contributed by atoms with Gasteiger partial charge in [-0.25, -0.2) is 0 Å². The number of rotatable bonds is 10. The molecule has 2 rings (SSSR count). The Balaban J connectivity index is 0.00000480. The van der Waals surface area contributed by atoms with E-state index >= 15 is 0 Å². The predicted molar refractivity (Wildman–Crippen MR) is 131 cm³/mol. The van der Waals surface area contributed by atoms with E-state index in [0.717, 1.165) is 39.3 Å². The summed E-state index contributed by atoms with van der Waals surface area (Å²) in [5, 5.41) is 6.50. The van der Waals surface area contributed by atoms with Crippen LogP contribution in [0, 0.1) is 0 Å². The van der Waals surface area contributed by atoms with Gasteiger partial charge in [0.1, 0.15) is 0 Å². The van der Waals surface area contributed by atoms with Gasteiger partial charge in [0.05, 0.1) is 6.61 Å². The van der Waals surface area contributed by atoms with Gasteiger partial charge in [0, 0.05) is 57.9 Å². The molecule has 2 N–H and O–H groups in total. The molecule has 0 aromatic heterocycles. The van der Waals surface area contributed by atoms with E-state index in [1.54, 1.807) is 32.2 Å². The number of likely N-dealkylation sites (N-methyl/N-ethyl adjacent to an activating group) is 1. The molecular weight excluding hydrogens is 519 g/mol. The van der Waals surface area contributed by atoms with Gasteiger partial charge in [-0.3, -0.25) is 9.89 Å². The fraction of sp³-hybridized carbons (Fsp3) is 0.667. The summed E-state index contributed by atoms with van der Waals surface area (Å²) in [6.07, 6.45) is 0. The maximum atomic E-state index is 12.9. The molecule has 10 heteroatoms. The fourth-order valence-electron chi connectivity index (χ4n) is 3.49. The minimum atomic E-state index is -2.92. The zero-order valence-corrected chi connectivity index (χ0v) is 21.2. The number of piperazine rings is 1. The lowest BCUT2D eigenvalue weighted by molar-refractivity contribution is -0.0520. The standard InChI is InChI=1S/C21H35F2N5O2.HI/c1-5-27-10-12-28(13-11-27)16(3)14-25-21(24-4)26-15-17-8-7-9-18(29-6-2)19(17)30-20(22)23;/h7-9,16,20H,5-6,10-15H2,1-4H3,(H2,24,25,26);1H. The normalized spacial score (nSPS) is 16.5. The van der Waals surface area contributed by atoms with E-state index in [-0.39, 0.29) is 36.3 Å². The van der Waals surface area contributed by atoms with Crippen molar-refractivity contribution in [2.45, 2.75) is 40.0 Å². The van der Waals surface area contributed by atoms with E-state index in [4.69, 9.17) is 9.47 Å². The van der Waals surface area contributed by atoms with Crippen molar-refractivity contribution in [1.29, 1.82) is 0 Å². The van der Waals surface area contributed by atoms with Crippen LogP contribution in [-0.4, -0.2) is 81.3 Å². The number of nitrogens with one attached hydrogen (secondary N) is 2. The van der Waals surface area contributed by atoms with Crippen LogP contribution in [0.3, 0.4) is 0 Å². The Morgan fingerprint density at radius 1 is 1.16 bits per heavy atom. The summed E-state index contributed by atoms with van der Waals surface area (Å²) in [7, 11) is 1.69. The molecule has 1 aliphatic heterocycles. The predicted octanol–water partition coefficient (Wildman–Crippen LogP) is 3.00. The number of hydrogen-bond acceptors (Lipinski definition) is 5. The van der Waals surface area contributed by atoms with Crippen LogP contribution in [0.25, 0.3) is 0 Å². The third-order valence-corrected chi connectivity index (χ3v) is 5.28. The van der Waals surface area contributed by atoms with Crippen molar-refractivity contribution < 1.29 is 18.3 Å². The summed E-state index contributed by atoms with van der Waals surface area (Å²) in [5.41, 5.74) is 0.577. The first-order valence-corrected chi connectivity index (χ1v) is 10.6. The van der Waals surface area contributed by atoms with Crippen molar-refractivity contribution in [3.63, 3.8) is 0 Å². The third kappa shape index (κ3) is 8.93. The molecule has 0 radical (unpaired) electrons. The minimum absolute atomic E-state index is 0. The smallest absolute Gasteiger partial charge is 0.387 e. The van der Waals surface area contributed by atoms with E-state index in [0.29, 0.717) is 29.9 Å². The van der Waals surface area contributed by atoms with Gasteiger partial charge in [0.15, 0.2) is 17.5 Å². The number of benzene rings is 1. The lowest BCUT2D eigenvalue weighted by atomic mass is 10.2. The molecule has 31 heavy (non-hydrogen) atoms. The quantitative estimate of drug-likeness (QED) is 0.263. The summed E-state index contributed by atoms with van der Waals surface area (Å²) in [6, 6.07) is 5.48. The average Bonchev–Trinajstić information content (AvgIpc) is 2.75. The van der Waals surface area contributed by atoms with Gasteiger partial charge in [-0.1, -0.05) is 19.1 Å². The molecule has 1 aromatic carbocycles. The van der Waals surface area contributed by atoms with E-state index in [9.17, 15) is 8.78 Å². The van der Waals surface area contributed by atoms with Gasteiger partial charge in [-0.05, 0) is 26.5 Å². The number of hydrogen-bond donors (Lipinski definition) is 2. The van der Waals surface area contributed by atoms with Gasteiger partial charge < -0.3 is 25.0 Å². The zero-order valence-electron chi connectivity index (χ0n) is 18.9. The molecule has 7 nitrogen and oxygen atoms in total. The number of guanidine groups is 1. The highest BCUT2D eigenvalue weighted by atomic mass is 127. The molecule has 1 aromatic rings. The third-order valence-electron chi connectivity index (χ3n) is 5.28. The fourth-order valence-corrected chi connectivity index (χ4v) is 3.49. The molecule has 1 saturated heterocycles. The van der Waals surface area contributed by atoms with Crippen molar-refractivity contribution >= 4 is 29.9 Å². The van der Waals surface area contributed by atoms with Gasteiger partial charge in [0.25, 0.3) is 0 Å². The van der Waals surface area contributed by atoms with Crippen LogP contribution in [-0.2, 0) is 6.54 Å². The Bertz CT molecular complexity index is 673. The molecular formula is C21H36F2IN5O2. The van der Waals surface area contributed by atoms with E-state index in [1.807, 2.05) is 0 Å². The van der Waals surface area contributed by atoms with Crippen LogP contribution in [0.5, 0.6) is 11.5 Å². The van der Waals surface area contributed by atoms with Crippen LogP contribution in [0.1, 0.15) is 26.3 Å². The molecule has 0 saturated carbocycles. The molecule has 1 unspecified atom stereocenters. The Hall–Kier alpha value is -1.40. The number of aliphatic imine (C=N–C) groups is 1. The van der Waals surface area contributed by atoms with Crippen molar-refractivity contribution in [1.82, 2.24) is 20.4 Å². The van der Waals surface area contributed by atoms with Crippen molar-refractivity contribution in [2.24, 2.45) is 4.99 Å². The van der Waals surface area contributed by atoms with Crippen molar-refractivity contribution in [3.8, 4) is 11.5 Å². The van der Waals surface area contributed by atoms with Crippen LogP contribution in [0.2, 0.25) is 0 Å². The first kappa shape index (κ1) is 27.6. The summed E-state index contributed by atoms with van der Waals surface area (Å²) in [5.74, 6) is 0.971. The van der Waals surface area contributed by atoms with Crippen molar-refractivity contribution in [3.05, 3.63) is 23.8 Å². The summed E-state index contributed by atoms with van der Waals surface area (Å²) >= 11 is 0. The molecule has 1 aliphatic rings. The Morgan fingerprint density at radius 3 is 2.45 bits per heavy atom. The minimum Gasteiger partial charge on any atom is -0.490 e. The maximum absolute atomic E-state index is 12.9. The number of alkyl halides is 2. The average molecular weight is 555 g/mol. The number of halogens is 3. The maximum Gasteiger partial charge on any atom is 0.387 e. The van der Waals surface area contributed by atoms with E-state index < -0.39 is 6.61 Å². The molecule has 1 fully saturated rings. The highest BCUT2D eigenvalue weighted by Crippen LogP contribution is 2.32. The van der Waals surface area contributed by atoms with Gasteiger partial charge in [0.2, 0.25) is 0 Å². The highest BCUT2D eigenvalue weighted by Gasteiger charge is 2.20. The van der Waals surface area contributed by atoms with E-state index in [1.165, 1.54) is 0 Å². The van der Waals surface area contributed by atoms with Gasteiger partial charge in [-0.2, -0.15) is 8.78 Å². The Labute approximate surface area is 201 Å². The molecule has 0 amide bonds. The van der Waals surface area contributed by atoms with Gasteiger partial charge in [-0.15, -0.1) is 24.0 Å². The van der Waals surface area contributed by atoms with Crippen LogP contribution < -0.4 is 20.1 Å². The Morgan fingerprint density at radius 2 is 1.87 bits per heavy atom. The Kier molecular flexibility index (Phi) is 13.0. The first-order chi connectivity index (χ1) is 14.5. The highest BCUT2D eigenvalue weighted by molar-refractivity contribution is 14.0. The molecule has 1 heterocycles. The zero-order chi connectivity index (χ0) is 21.9. The molecule has 0 bridgehead atoms. The lowest BCUT2D eigenvalue weighted by Crippen LogP contribution is -2.53.